The zero-order valence-corrected chi connectivity index (χ0v) is 22.8. The fourth-order valence-electron chi connectivity index (χ4n) is 3.19. The van der Waals surface area contributed by atoms with Crippen molar-refractivity contribution in [2.24, 2.45) is 5.73 Å². The minimum absolute atomic E-state index is 0.149. The average molecular weight is 526 g/mol. The van der Waals surface area contributed by atoms with Gasteiger partial charge in [-0.05, 0) is 72.6 Å². The lowest BCUT2D eigenvalue weighted by atomic mass is 9.86. The smallest absolute Gasteiger partial charge is 0.480 e. The maximum absolute atomic E-state index is 12.3. The molecule has 2 atom stereocenters. The first-order chi connectivity index (χ1) is 16.8. The van der Waals surface area contributed by atoms with Gasteiger partial charge in [-0.3, -0.25) is 9.59 Å². The van der Waals surface area contributed by atoms with Gasteiger partial charge in [0.15, 0.2) is 11.5 Å². The van der Waals surface area contributed by atoms with Crippen LogP contribution in [0.25, 0.3) is 0 Å². The van der Waals surface area contributed by atoms with Crippen LogP contribution in [0.2, 0.25) is 0 Å². The molecule has 0 saturated carbocycles. The van der Waals surface area contributed by atoms with Crippen LogP contribution in [0.4, 0.5) is 9.59 Å². The van der Waals surface area contributed by atoms with Crippen LogP contribution < -0.4 is 15.2 Å². The lowest BCUT2D eigenvalue weighted by Gasteiger charge is -2.28. The second kappa shape index (κ2) is 12.8. The second-order valence-electron chi connectivity index (χ2n) is 10.8. The molecule has 1 aromatic rings. The second-order valence-corrected chi connectivity index (χ2v) is 10.8. The standard InChI is InChI=1S/C26H39NO10/c1-9-10-20(28)33-16(2)14-26(27,21(29)30)15-17-11-12-18(34-22(31)36-24(3,4)5)19(13-17)35-23(32)37-25(6,7)8/h11-13,16H,9-10,14-15,27H2,1-8H3,(H,29,30)/t16-,26?/m0/s1. The molecule has 0 heterocycles. The molecule has 208 valence electrons. The Morgan fingerprint density at radius 1 is 0.919 bits per heavy atom. The number of carboxylic acid groups (broad SMARTS) is 1. The molecular weight excluding hydrogens is 486 g/mol. The molecule has 0 aromatic heterocycles. The van der Waals surface area contributed by atoms with E-state index in [4.69, 9.17) is 29.4 Å². The van der Waals surface area contributed by atoms with Crippen LogP contribution in [0.5, 0.6) is 11.5 Å². The van der Waals surface area contributed by atoms with E-state index in [1.807, 2.05) is 6.92 Å². The molecule has 3 N–H and O–H groups in total. The number of carboxylic acids is 1. The van der Waals surface area contributed by atoms with E-state index < -0.39 is 47.1 Å². The van der Waals surface area contributed by atoms with E-state index in [9.17, 15) is 24.3 Å². The quantitative estimate of drug-likeness (QED) is 0.246. The summed E-state index contributed by atoms with van der Waals surface area (Å²) in [5, 5.41) is 9.85. The normalized spacial score (nSPS) is 14.1. The zero-order valence-electron chi connectivity index (χ0n) is 22.8. The summed E-state index contributed by atoms with van der Waals surface area (Å²) in [6.07, 6.45) is -2.43. The summed E-state index contributed by atoms with van der Waals surface area (Å²) < 4.78 is 26.1. The van der Waals surface area contributed by atoms with Gasteiger partial charge in [0.2, 0.25) is 0 Å². The van der Waals surface area contributed by atoms with Gasteiger partial charge in [-0.15, -0.1) is 0 Å². The van der Waals surface area contributed by atoms with Crippen LogP contribution in [-0.4, -0.2) is 52.2 Å². The van der Waals surface area contributed by atoms with Crippen molar-refractivity contribution in [3.63, 3.8) is 0 Å². The van der Waals surface area contributed by atoms with Crippen LogP contribution in [0.3, 0.4) is 0 Å². The Labute approximate surface area is 217 Å². The summed E-state index contributed by atoms with van der Waals surface area (Å²) in [6, 6.07) is 4.12. The predicted octanol–water partition coefficient (Wildman–Crippen LogP) is 4.76. The van der Waals surface area contributed by atoms with Crippen LogP contribution in [0, 0.1) is 0 Å². The Bertz CT molecular complexity index is 977. The maximum Gasteiger partial charge on any atom is 0.514 e. The predicted molar refractivity (Wildman–Crippen MR) is 134 cm³/mol. The number of hydrogen-bond donors (Lipinski definition) is 2. The van der Waals surface area contributed by atoms with Crippen LogP contribution in [0.1, 0.15) is 80.2 Å². The van der Waals surface area contributed by atoms with E-state index >= 15 is 0 Å². The van der Waals surface area contributed by atoms with Crippen molar-refractivity contribution in [3.8, 4) is 11.5 Å². The van der Waals surface area contributed by atoms with Gasteiger partial charge >= 0.3 is 24.2 Å². The van der Waals surface area contributed by atoms with Gasteiger partial charge in [-0.1, -0.05) is 13.0 Å². The van der Waals surface area contributed by atoms with Gasteiger partial charge in [-0.2, -0.15) is 0 Å². The fraction of sp³-hybridized carbons (Fsp3) is 0.615. The number of hydrogen-bond acceptors (Lipinski definition) is 10. The molecule has 1 aromatic carbocycles. The first-order valence-electron chi connectivity index (χ1n) is 12.0. The minimum atomic E-state index is -1.82. The highest BCUT2D eigenvalue weighted by atomic mass is 16.8. The molecule has 1 rings (SSSR count). The summed E-state index contributed by atoms with van der Waals surface area (Å²) in [4.78, 5) is 48.4. The number of rotatable bonds is 10. The number of nitrogens with two attached hydrogens (primary N) is 1. The third-order valence-corrected chi connectivity index (χ3v) is 4.56. The average Bonchev–Trinajstić information content (AvgIpc) is 2.66. The van der Waals surface area contributed by atoms with E-state index in [1.54, 1.807) is 48.5 Å². The highest BCUT2D eigenvalue weighted by Gasteiger charge is 2.37. The third kappa shape index (κ3) is 12.0. The van der Waals surface area contributed by atoms with Crippen molar-refractivity contribution in [2.45, 2.75) is 104 Å². The molecule has 0 bridgehead atoms. The van der Waals surface area contributed by atoms with E-state index in [2.05, 4.69) is 0 Å². The number of benzene rings is 1. The molecule has 11 heteroatoms. The number of carbonyl (C=O) groups is 4. The third-order valence-electron chi connectivity index (χ3n) is 4.56. The van der Waals surface area contributed by atoms with Gasteiger partial charge in [0, 0.05) is 19.3 Å². The van der Waals surface area contributed by atoms with Gasteiger partial charge in [0.25, 0.3) is 0 Å². The van der Waals surface area contributed by atoms with Crippen molar-refractivity contribution in [1.29, 1.82) is 0 Å². The Hall–Kier alpha value is -3.34. The first-order valence-corrected chi connectivity index (χ1v) is 12.0. The van der Waals surface area contributed by atoms with Crippen molar-refractivity contribution < 1.29 is 48.0 Å². The van der Waals surface area contributed by atoms with Crippen molar-refractivity contribution in [2.75, 3.05) is 0 Å². The van der Waals surface area contributed by atoms with Crippen molar-refractivity contribution in [3.05, 3.63) is 23.8 Å². The largest absolute Gasteiger partial charge is 0.514 e. The molecular formula is C26H39NO10. The molecule has 0 amide bonds. The zero-order chi connectivity index (χ0) is 28.6. The van der Waals surface area contributed by atoms with E-state index in [1.165, 1.54) is 18.2 Å². The Morgan fingerprint density at radius 2 is 1.43 bits per heavy atom. The van der Waals surface area contributed by atoms with Crippen LogP contribution in [-0.2, 0) is 30.2 Å². The highest BCUT2D eigenvalue weighted by molar-refractivity contribution is 5.79. The highest BCUT2D eigenvalue weighted by Crippen LogP contribution is 2.32. The minimum Gasteiger partial charge on any atom is -0.480 e. The number of carbonyl (C=O) groups excluding carboxylic acids is 3. The topological polar surface area (TPSA) is 161 Å². The van der Waals surface area contributed by atoms with Gasteiger partial charge < -0.3 is 34.5 Å². The van der Waals surface area contributed by atoms with E-state index in [0.29, 0.717) is 12.0 Å². The molecule has 0 fully saturated rings. The van der Waals surface area contributed by atoms with Gasteiger partial charge in [-0.25, -0.2) is 9.59 Å². The summed E-state index contributed by atoms with van der Waals surface area (Å²) in [5.74, 6) is -2.11. The molecule has 0 radical (unpaired) electrons. The SMILES string of the molecule is CCCC(=O)O[C@@H](C)CC(N)(Cc1ccc(OC(=O)OC(C)(C)C)c(OC(=O)OC(C)(C)C)c1)C(=O)O. The van der Waals surface area contributed by atoms with Crippen LogP contribution in [0.15, 0.2) is 18.2 Å². The molecule has 0 aliphatic rings. The van der Waals surface area contributed by atoms with E-state index in [0.717, 1.165) is 0 Å². The monoisotopic (exact) mass is 525 g/mol. The lowest BCUT2D eigenvalue weighted by Crippen LogP contribution is -2.52. The molecule has 0 aliphatic carbocycles. The molecule has 37 heavy (non-hydrogen) atoms. The molecule has 1 unspecified atom stereocenters. The van der Waals surface area contributed by atoms with Crippen molar-refractivity contribution in [1.82, 2.24) is 0 Å². The summed E-state index contributed by atoms with van der Waals surface area (Å²) in [7, 11) is 0. The van der Waals surface area contributed by atoms with Crippen LogP contribution >= 0.6 is 0 Å². The molecule has 0 aliphatic heterocycles. The first kappa shape index (κ1) is 31.7. The lowest BCUT2D eigenvalue weighted by molar-refractivity contribution is -0.153. The van der Waals surface area contributed by atoms with Crippen molar-refractivity contribution >= 4 is 24.2 Å². The number of esters is 1. The molecule has 11 nitrogen and oxygen atoms in total. The maximum atomic E-state index is 12.3. The molecule has 0 saturated heterocycles. The molecule has 0 spiro atoms. The van der Waals surface area contributed by atoms with Gasteiger partial charge in [0.05, 0.1) is 0 Å². The number of ether oxygens (including phenoxy) is 5. The van der Waals surface area contributed by atoms with Gasteiger partial charge in [0.1, 0.15) is 22.8 Å². The number of aliphatic carboxylic acids is 1. The summed E-state index contributed by atoms with van der Waals surface area (Å²) in [6.45, 7) is 13.3. The Balaban J connectivity index is 3.25. The summed E-state index contributed by atoms with van der Waals surface area (Å²) >= 11 is 0. The Morgan fingerprint density at radius 3 is 1.89 bits per heavy atom. The van der Waals surface area contributed by atoms with E-state index in [-0.39, 0.29) is 30.8 Å². The Kier molecular flexibility index (Phi) is 10.9. The summed E-state index contributed by atoms with van der Waals surface area (Å²) in [5.41, 5.74) is 3.06. The fourth-order valence-corrected chi connectivity index (χ4v) is 3.19.